The SMILES string of the molecule is Cc1cc(O)ccc1NC(=O)C(=O)Nc1c(F)cccc1F. The Morgan fingerprint density at radius 2 is 1.59 bits per heavy atom. The molecule has 0 saturated carbocycles. The molecule has 0 heterocycles. The molecule has 0 radical (unpaired) electrons. The fourth-order valence-electron chi connectivity index (χ4n) is 1.75. The summed E-state index contributed by atoms with van der Waals surface area (Å²) >= 11 is 0. The Morgan fingerprint density at radius 3 is 2.18 bits per heavy atom. The van der Waals surface area contributed by atoms with Gasteiger partial charge >= 0.3 is 11.8 Å². The summed E-state index contributed by atoms with van der Waals surface area (Å²) in [5.74, 6) is -4.26. The molecule has 0 bridgehead atoms. The molecule has 3 N–H and O–H groups in total. The van der Waals surface area contributed by atoms with Gasteiger partial charge in [-0.05, 0) is 42.8 Å². The van der Waals surface area contributed by atoms with Crippen molar-refractivity contribution in [1.82, 2.24) is 0 Å². The van der Waals surface area contributed by atoms with Gasteiger partial charge in [-0.1, -0.05) is 6.07 Å². The Labute approximate surface area is 124 Å². The van der Waals surface area contributed by atoms with Gasteiger partial charge in [0, 0.05) is 5.69 Å². The minimum atomic E-state index is -1.21. The topological polar surface area (TPSA) is 78.4 Å². The molecule has 5 nitrogen and oxygen atoms in total. The van der Waals surface area contributed by atoms with Crippen LogP contribution in [0.5, 0.6) is 5.75 Å². The van der Waals surface area contributed by atoms with Gasteiger partial charge in [-0.25, -0.2) is 8.78 Å². The van der Waals surface area contributed by atoms with Crippen LogP contribution in [0.3, 0.4) is 0 Å². The van der Waals surface area contributed by atoms with E-state index in [-0.39, 0.29) is 5.75 Å². The maximum absolute atomic E-state index is 13.4. The highest BCUT2D eigenvalue weighted by atomic mass is 19.1. The van der Waals surface area contributed by atoms with Crippen molar-refractivity contribution in [3.63, 3.8) is 0 Å². The second kappa shape index (κ2) is 6.21. The Kier molecular flexibility index (Phi) is 4.36. The first-order chi connectivity index (χ1) is 10.4. The predicted molar refractivity (Wildman–Crippen MR) is 76.5 cm³/mol. The van der Waals surface area contributed by atoms with E-state index in [1.807, 2.05) is 5.32 Å². The summed E-state index contributed by atoms with van der Waals surface area (Å²) in [6.45, 7) is 1.61. The van der Waals surface area contributed by atoms with E-state index in [1.165, 1.54) is 18.2 Å². The van der Waals surface area contributed by atoms with Crippen LogP contribution in [0.1, 0.15) is 5.56 Å². The van der Waals surface area contributed by atoms with E-state index in [2.05, 4.69) is 5.32 Å². The summed E-state index contributed by atoms with van der Waals surface area (Å²) in [6, 6.07) is 7.18. The van der Waals surface area contributed by atoms with Crippen molar-refractivity contribution in [2.75, 3.05) is 10.6 Å². The van der Waals surface area contributed by atoms with Crippen molar-refractivity contribution in [3.05, 3.63) is 53.6 Å². The highest BCUT2D eigenvalue weighted by molar-refractivity contribution is 6.43. The maximum Gasteiger partial charge on any atom is 0.314 e. The molecular weight excluding hydrogens is 294 g/mol. The summed E-state index contributed by atoms with van der Waals surface area (Å²) in [6.07, 6.45) is 0. The smallest absolute Gasteiger partial charge is 0.314 e. The second-order valence-electron chi connectivity index (χ2n) is 4.50. The van der Waals surface area contributed by atoms with Crippen LogP contribution in [0.2, 0.25) is 0 Å². The van der Waals surface area contributed by atoms with Gasteiger partial charge in [0.1, 0.15) is 23.1 Å². The number of para-hydroxylation sites is 1. The van der Waals surface area contributed by atoms with E-state index in [9.17, 15) is 23.5 Å². The first-order valence-corrected chi connectivity index (χ1v) is 6.24. The van der Waals surface area contributed by atoms with Gasteiger partial charge in [0.05, 0.1) is 0 Å². The predicted octanol–water partition coefficient (Wildman–Crippen LogP) is 2.56. The first kappa shape index (κ1) is 15.4. The van der Waals surface area contributed by atoms with Gasteiger partial charge in [0.25, 0.3) is 0 Å². The van der Waals surface area contributed by atoms with Crippen molar-refractivity contribution in [2.24, 2.45) is 0 Å². The number of nitrogens with one attached hydrogen (secondary N) is 2. The normalized spacial score (nSPS) is 10.1. The minimum absolute atomic E-state index is 0.00776. The van der Waals surface area contributed by atoms with Crippen LogP contribution in [0.15, 0.2) is 36.4 Å². The van der Waals surface area contributed by atoms with Crippen LogP contribution in [-0.2, 0) is 9.59 Å². The Morgan fingerprint density at radius 1 is 1.00 bits per heavy atom. The van der Waals surface area contributed by atoms with Gasteiger partial charge in [0.2, 0.25) is 0 Å². The lowest BCUT2D eigenvalue weighted by atomic mass is 10.2. The molecule has 0 spiro atoms. The molecule has 2 rings (SSSR count). The zero-order chi connectivity index (χ0) is 16.3. The quantitative estimate of drug-likeness (QED) is 0.589. The lowest BCUT2D eigenvalue weighted by Gasteiger charge is -2.10. The lowest BCUT2D eigenvalue weighted by molar-refractivity contribution is -0.133. The molecule has 2 aromatic rings. The molecule has 0 saturated heterocycles. The number of benzene rings is 2. The molecule has 0 atom stereocenters. The lowest BCUT2D eigenvalue weighted by Crippen LogP contribution is -2.30. The summed E-state index contributed by atoms with van der Waals surface area (Å²) in [5, 5.41) is 13.4. The molecule has 0 aromatic heterocycles. The van der Waals surface area contributed by atoms with E-state index in [0.29, 0.717) is 11.3 Å². The van der Waals surface area contributed by atoms with Crippen molar-refractivity contribution in [2.45, 2.75) is 6.92 Å². The number of phenols is 1. The number of rotatable bonds is 2. The molecule has 7 heteroatoms. The molecule has 0 aliphatic heterocycles. The summed E-state index contributed by atoms with van der Waals surface area (Å²) in [7, 11) is 0. The van der Waals surface area contributed by atoms with Crippen LogP contribution in [-0.4, -0.2) is 16.9 Å². The molecule has 0 aliphatic rings. The van der Waals surface area contributed by atoms with Gasteiger partial charge in [-0.3, -0.25) is 9.59 Å². The zero-order valence-electron chi connectivity index (χ0n) is 11.5. The van der Waals surface area contributed by atoms with Crippen molar-refractivity contribution in [3.8, 4) is 5.75 Å². The van der Waals surface area contributed by atoms with Crippen molar-refractivity contribution >= 4 is 23.2 Å². The second-order valence-corrected chi connectivity index (χ2v) is 4.50. The number of halogens is 2. The monoisotopic (exact) mass is 306 g/mol. The summed E-state index contributed by atoms with van der Waals surface area (Å²) < 4.78 is 26.8. The van der Waals surface area contributed by atoms with Gasteiger partial charge in [-0.15, -0.1) is 0 Å². The maximum atomic E-state index is 13.4. The molecule has 2 amide bonds. The molecule has 0 unspecified atom stereocenters. The number of anilines is 2. The standard InChI is InChI=1S/C15H12F2N2O3/c1-8-7-9(20)5-6-12(8)18-14(21)15(22)19-13-10(16)3-2-4-11(13)17/h2-7,20H,1H3,(H,18,21)(H,19,22). The molecular formula is C15H12F2N2O3. The van der Waals surface area contributed by atoms with E-state index < -0.39 is 29.1 Å². The van der Waals surface area contributed by atoms with Crippen molar-refractivity contribution in [1.29, 1.82) is 0 Å². The minimum Gasteiger partial charge on any atom is -0.508 e. The first-order valence-electron chi connectivity index (χ1n) is 6.24. The molecule has 0 aliphatic carbocycles. The summed E-state index contributed by atoms with van der Waals surface area (Å²) in [4.78, 5) is 23.4. The number of carbonyl (C=O) groups is 2. The Balaban J connectivity index is 2.11. The molecule has 114 valence electrons. The highest BCUT2D eigenvalue weighted by Crippen LogP contribution is 2.21. The number of aromatic hydroxyl groups is 1. The third-order valence-corrected chi connectivity index (χ3v) is 2.87. The molecule has 2 aromatic carbocycles. The Hall–Kier alpha value is -2.96. The largest absolute Gasteiger partial charge is 0.508 e. The average Bonchev–Trinajstić information content (AvgIpc) is 2.45. The van der Waals surface area contributed by atoms with E-state index in [4.69, 9.17) is 0 Å². The number of hydrogen-bond acceptors (Lipinski definition) is 3. The number of phenolic OH excluding ortho intramolecular Hbond substituents is 1. The molecule has 22 heavy (non-hydrogen) atoms. The average molecular weight is 306 g/mol. The number of aryl methyl sites for hydroxylation is 1. The molecule has 0 fully saturated rings. The summed E-state index contributed by atoms with van der Waals surface area (Å²) in [5.41, 5.74) is 0.134. The van der Waals surface area contributed by atoms with Crippen LogP contribution < -0.4 is 10.6 Å². The fourth-order valence-corrected chi connectivity index (χ4v) is 1.75. The van der Waals surface area contributed by atoms with Gasteiger partial charge < -0.3 is 15.7 Å². The fraction of sp³-hybridized carbons (Fsp3) is 0.0667. The highest BCUT2D eigenvalue weighted by Gasteiger charge is 2.18. The van der Waals surface area contributed by atoms with Crippen LogP contribution >= 0.6 is 0 Å². The van der Waals surface area contributed by atoms with Crippen LogP contribution in [0.4, 0.5) is 20.2 Å². The number of carbonyl (C=O) groups excluding carboxylic acids is 2. The third kappa shape index (κ3) is 3.38. The van der Waals surface area contributed by atoms with Crippen LogP contribution in [0, 0.1) is 18.6 Å². The number of amides is 2. The van der Waals surface area contributed by atoms with Crippen molar-refractivity contribution < 1.29 is 23.5 Å². The third-order valence-electron chi connectivity index (χ3n) is 2.87. The van der Waals surface area contributed by atoms with E-state index in [1.54, 1.807) is 6.92 Å². The van der Waals surface area contributed by atoms with E-state index in [0.717, 1.165) is 18.2 Å². The Bertz CT molecular complexity index is 727. The van der Waals surface area contributed by atoms with E-state index >= 15 is 0 Å². The van der Waals surface area contributed by atoms with Crippen LogP contribution in [0.25, 0.3) is 0 Å². The zero-order valence-corrected chi connectivity index (χ0v) is 11.5. The van der Waals surface area contributed by atoms with Gasteiger partial charge in [-0.2, -0.15) is 0 Å². The van der Waals surface area contributed by atoms with Gasteiger partial charge in [0.15, 0.2) is 0 Å². The number of hydrogen-bond donors (Lipinski definition) is 3.